The number of azo groups is 1. The Balaban J connectivity index is 1.59. The topological polar surface area (TPSA) is 36.0 Å². The van der Waals surface area contributed by atoms with Crippen LogP contribution in [0.1, 0.15) is 25.7 Å². The standard InChI is InChI=1S/C25H22ClN5S/c26-19-13-15-21(16-14-19)30-23(32)29(20-9-3-1-4-10-20)24-17-7-8-18-25(24,30)28-31(27-24)22-11-5-2-6-12-22/h1-6,9-16H,7-8,17-18H2/t24-,25+/m0/s1. The van der Waals surface area contributed by atoms with Crippen LogP contribution in [0.5, 0.6) is 0 Å². The highest BCUT2D eigenvalue weighted by molar-refractivity contribution is 7.80. The van der Waals surface area contributed by atoms with Gasteiger partial charge in [-0.05, 0) is 61.5 Å². The highest BCUT2D eigenvalue weighted by Gasteiger charge is 2.69. The lowest BCUT2D eigenvalue weighted by Gasteiger charge is -2.48. The average molecular weight is 460 g/mol. The van der Waals surface area contributed by atoms with E-state index in [9.17, 15) is 0 Å². The second-order valence-corrected chi connectivity index (χ2v) is 9.23. The molecule has 1 aliphatic carbocycles. The molecule has 0 bridgehead atoms. The van der Waals surface area contributed by atoms with Gasteiger partial charge in [0.05, 0.1) is 0 Å². The van der Waals surface area contributed by atoms with Gasteiger partial charge in [-0.3, -0.25) is 0 Å². The normalized spacial score (nSPS) is 26.4. The second kappa shape index (κ2) is 7.29. The molecule has 7 heteroatoms. The van der Waals surface area contributed by atoms with E-state index in [4.69, 9.17) is 34.4 Å². The van der Waals surface area contributed by atoms with Crippen LogP contribution >= 0.6 is 23.8 Å². The Bertz CT molecular complexity index is 1200. The number of benzene rings is 3. The minimum atomic E-state index is -0.623. The van der Waals surface area contributed by atoms with Crippen LogP contribution in [0.4, 0.5) is 17.1 Å². The van der Waals surface area contributed by atoms with Gasteiger partial charge in [-0.15, -0.1) is 4.81 Å². The molecule has 2 heterocycles. The van der Waals surface area contributed by atoms with Gasteiger partial charge in [0.15, 0.2) is 5.11 Å². The Kier molecular flexibility index (Phi) is 4.49. The van der Waals surface area contributed by atoms with E-state index in [1.54, 1.807) is 0 Å². The lowest BCUT2D eigenvalue weighted by molar-refractivity contribution is -0.456. The van der Waals surface area contributed by atoms with Crippen molar-refractivity contribution in [2.75, 3.05) is 9.80 Å². The summed E-state index contributed by atoms with van der Waals surface area (Å²) in [5, 5.41) is 6.73. The van der Waals surface area contributed by atoms with Crippen LogP contribution < -0.4 is 9.80 Å². The summed E-state index contributed by atoms with van der Waals surface area (Å²) in [5.41, 5.74) is 7.04. The first-order valence-corrected chi connectivity index (χ1v) is 11.7. The molecule has 2 fully saturated rings. The predicted molar refractivity (Wildman–Crippen MR) is 132 cm³/mol. The number of thiocarbonyl (C=S) groups is 1. The molecule has 2 aliphatic heterocycles. The van der Waals surface area contributed by atoms with Gasteiger partial charge in [-0.1, -0.05) is 60.8 Å². The van der Waals surface area contributed by atoms with Gasteiger partial charge in [0.1, 0.15) is 11.3 Å². The maximum atomic E-state index is 6.22. The van der Waals surface area contributed by atoms with E-state index in [-0.39, 0.29) is 0 Å². The smallest absolute Gasteiger partial charge is 0.225 e. The molecule has 0 radical (unpaired) electrons. The van der Waals surface area contributed by atoms with Gasteiger partial charge >= 0.3 is 0 Å². The van der Waals surface area contributed by atoms with Gasteiger partial charge in [0.25, 0.3) is 0 Å². The van der Waals surface area contributed by atoms with Gasteiger partial charge in [-0.25, -0.2) is 0 Å². The van der Waals surface area contributed by atoms with Gasteiger partial charge in [-0.2, -0.15) is 10.5 Å². The van der Waals surface area contributed by atoms with Crippen LogP contribution in [-0.2, 0) is 0 Å². The lowest BCUT2D eigenvalue weighted by Crippen LogP contribution is -2.59. The van der Waals surface area contributed by atoms with Crippen LogP contribution in [0.15, 0.2) is 90.0 Å². The van der Waals surface area contributed by atoms with Gasteiger partial charge in [0.2, 0.25) is 5.69 Å². The van der Waals surface area contributed by atoms with E-state index < -0.39 is 11.3 Å². The maximum absolute atomic E-state index is 6.22. The third-order valence-electron chi connectivity index (χ3n) is 6.67. The number of hydrogen-bond donors (Lipinski definition) is 0. The highest BCUT2D eigenvalue weighted by atomic mass is 35.5. The molecule has 1 saturated heterocycles. The molecule has 1 saturated carbocycles. The molecule has 0 unspecified atom stereocenters. The van der Waals surface area contributed by atoms with E-state index in [2.05, 4.69) is 21.9 Å². The van der Waals surface area contributed by atoms with Crippen molar-refractivity contribution in [1.29, 1.82) is 0 Å². The summed E-state index contributed by atoms with van der Waals surface area (Å²) in [6, 6.07) is 28.3. The monoisotopic (exact) mass is 459 g/mol. The van der Waals surface area contributed by atoms with E-state index in [0.29, 0.717) is 5.02 Å². The number of para-hydroxylation sites is 2. The van der Waals surface area contributed by atoms with E-state index in [1.165, 1.54) is 0 Å². The third kappa shape index (κ3) is 2.66. The fourth-order valence-electron chi connectivity index (χ4n) is 5.32. The molecule has 160 valence electrons. The molecule has 32 heavy (non-hydrogen) atoms. The van der Waals surface area contributed by atoms with Crippen LogP contribution in [0.3, 0.4) is 0 Å². The summed E-state index contributed by atoms with van der Waals surface area (Å²) < 4.78 is 0. The zero-order chi connectivity index (χ0) is 21.8. The molecule has 6 rings (SSSR count). The predicted octanol–water partition coefficient (Wildman–Crippen LogP) is 7.02. The molecule has 3 aromatic rings. The van der Waals surface area contributed by atoms with Crippen molar-refractivity contribution in [2.45, 2.75) is 37.0 Å². The second-order valence-electron chi connectivity index (χ2n) is 8.43. The van der Waals surface area contributed by atoms with Crippen molar-refractivity contribution in [3.8, 4) is 0 Å². The first-order valence-electron chi connectivity index (χ1n) is 10.9. The molecule has 0 spiro atoms. The van der Waals surface area contributed by atoms with Crippen LogP contribution in [0, 0.1) is 0 Å². The number of nitrogens with zero attached hydrogens (tertiary/aromatic N) is 5. The molecule has 0 N–H and O–H groups in total. The van der Waals surface area contributed by atoms with Crippen LogP contribution in [0.2, 0.25) is 5.02 Å². The minimum Gasteiger partial charge on any atom is -0.305 e. The number of hydrogen-bond acceptors (Lipinski definition) is 2. The first-order chi connectivity index (χ1) is 15.6. The Morgan fingerprint density at radius 3 is 2.16 bits per heavy atom. The van der Waals surface area contributed by atoms with E-state index in [0.717, 1.165) is 47.9 Å². The van der Waals surface area contributed by atoms with Crippen molar-refractivity contribution in [3.63, 3.8) is 0 Å². The fraction of sp³-hybridized carbons (Fsp3) is 0.240. The summed E-state index contributed by atoms with van der Waals surface area (Å²) in [6.07, 6.45) is 3.88. The number of anilines is 2. The zero-order valence-electron chi connectivity index (χ0n) is 17.4. The highest BCUT2D eigenvalue weighted by Crippen LogP contribution is 2.60. The maximum Gasteiger partial charge on any atom is 0.225 e. The average Bonchev–Trinajstić information content (AvgIpc) is 3.28. The molecule has 2 atom stereocenters. The van der Waals surface area contributed by atoms with Crippen molar-refractivity contribution >= 4 is 46.0 Å². The quantitative estimate of drug-likeness (QED) is 0.312. The van der Waals surface area contributed by atoms with Gasteiger partial charge < -0.3 is 9.80 Å². The molecule has 0 aromatic heterocycles. The summed E-state index contributed by atoms with van der Waals surface area (Å²) >= 11 is 12.4. The number of rotatable bonds is 3. The molecule has 0 amide bonds. The molecular weight excluding hydrogens is 438 g/mol. The summed E-state index contributed by atoms with van der Waals surface area (Å²) in [6.45, 7) is 0. The Morgan fingerprint density at radius 2 is 1.44 bits per heavy atom. The van der Waals surface area contributed by atoms with Crippen molar-refractivity contribution in [2.24, 2.45) is 5.11 Å². The Morgan fingerprint density at radius 1 is 0.812 bits per heavy atom. The first kappa shape index (κ1) is 19.7. The minimum absolute atomic E-state index is 0.612. The molecule has 3 aliphatic rings. The summed E-state index contributed by atoms with van der Waals surface area (Å²) in [4.78, 5) is 6.26. The number of halogens is 1. The third-order valence-corrected chi connectivity index (χ3v) is 7.29. The van der Waals surface area contributed by atoms with Crippen LogP contribution in [0.25, 0.3) is 5.43 Å². The van der Waals surface area contributed by atoms with E-state index in [1.807, 2.05) is 77.6 Å². The molecule has 5 nitrogen and oxygen atoms in total. The SMILES string of the molecule is S=C1N(c2ccccc2)[C@@]23CCCC[C@@]2([N-][N+](c2ccccc2)=N3)N1c1ccc(Cl)cc1. The zero-order valence-corrected chi connectivity index (χ0v) is 19.0. The van der Waals surface area contributed by atoms with Gasteiger partial charge in [0, 0.05) is 28.5 Å². The Hall–Kier alpha value is -2.96. The fourth-order valence-corrected chi connectivity index (χ4v) is 5.96. The lowest BCUT2D eigenvalue weighted by atomic mass is 9.79. The molecular formula is C25H22ClN5S. The largest absolute Gasteiger partial charge is 0.305 e. The van der Waals surface area contributed by atoms with Crippen molar-refractivity contribution in [3.05, 3.63) is 95.4 Å². The van der Waals surface area contributed by atoms with Crippen molar-refractivity contribution < 1.29 is 4.81 Å². The van der Waals surface area contributed by atoms with Crippen molar-refractivity contribution in [1.82, 2.24) is 0 Å². The van der Waals surface area contributed by atoms with Crippen LogP contribution in [-0.4, -0.2) is 21.2 Å². The van der Waals surface area contributed by atoms with E-state index >= 15 is 0 Å². The summed E-state index contributed by atoms with van der Waals surface area (Å²) in [7, 11) is 0. The molecule has 3 aromatic carbocycles. The summed E-state index contributed by atoms with van der Waals surface area (Å²) in [5.74, 6) is 0. The Labute approximate surface area is 197 Å².